The topological polar surface area (TPSA) is 46.5 Å². The standard InChI is InChI=1S/C18H27ClO3/c1-5-7-8-9-16(17(20)21)22-15-11-10-13(12-14(15)19)18(3,4)6-2/h10-12,16H,5-9H2,1-4H3,(H,20,21). The number of hydrogen-bond acceptors (Lipinski definition) is 2. The lowest BCUT2D eigenvalue weighted by atomic mass is 9.82. The predicted molar refractivity (Wildman–Crippen MR) is 91.0 cm³/mol. The van der Waals surface area contributed by atoms with Gasteiger partial charge in [-0.2, -0.15) is 0 Å². The van der Waals surface area contributed by atoms with Crippen LogP contribution in [0.1, 0.15) is 65.4 Å². The van der Waals surface area contributed by atoms with Crippen LogP contribution in [0.3, 0.4) is 0 Å². The van der Waals surface area contributed by atoms with Crippen LogP contribution in [0.15, 0.2) is 18.2 Å². The van der Waals surface area contributed by atoms with Gasteiger partial charge in [-0.1, -0.05) is 58.2 Å². The van der Waals surface area contributed by atoms with Gasteiger partial charge in [0.15, 0.2) is 6.10 Å². The van der Waals surface area contributed by atoms with E-state index in [9.17, 15) is 9.90 Å². The monoisotopic (exact) mass is 326 g/mol. The fourth-order valence-electron chi connectivity index (χ4n) is 2.19. The van der Waals surface area contributed by atoms with Crippen molar-refractivity contribution in [3.63, 3.8) is 0 Å². The fraction of sp³-hybridized carbons (Fsp3) is 0.611. The normalized spacial score (nSPS) is 13.0. The Hall–Kier alpha value is -1.22. The van der Waals surface area contributed by atoms with E-state index in [0.717, 1.165) is 31.2 Å². The molecule has 22 heavy (non-hydrogen) atoms. The molecule has 0 aliphatic carbocycles. The number of ether oxygens (including phenoxy) is 1. The van der Waals surface area contributed by atoms with Crippen LogP contribution in [0, 0.1) is 0 Å². The lowest BCUT2D eigenvalue weighted by Gasteiger charge is -2.24. The highest BCUT2D eigenvalue weighted by molar-refractivity contribution is 6.32. The van der Waals surface area contributed by atoms with Gasteiger partial charge in [0.2, 0.25) is 0 Å². The number of carbonyl (C=O) groups is 1. The zero-order chi connectivity index (χ0) is 16.8. The number of hydrogen-bond donors (Lipinski definition) is 1. The molecular weight excluding hydrogens is 300 g/mol. The molecule has 1 unspecified atom stereocenters. The summed E-state index contributed by atoms with van der Waals surface area (Å²) in [4.78, 5) is 11.3. The third-order valence-corrected chi connectivity index (χ3v) is 4.51. The van der Waals surface area contributed by atoms with E-state index in [1.165, 1.54) is 0 Å². The molecule has 1 atom stereocenters. The van der Waals surface area contributed by atoms with Gasteiger partial charge in [0.25, 0.3) is 0 Å². The highest BCUT2D eigenvalue weighted by Gasteiger charge is 2.22. The maximum absolute atomic E-state index is 11.3. The third kappa shape index (κ3) is 5.20. The second-order valence-corrected chi connectivity index (χ2v) is 6.73. The lowest BCUT2D eigenvalue weighted by molar-refractivity contribution is -0.145. The van der Waals surface area contributed by atoms with Crippen molar-refractivity contribution in [2.24, 2.45) is 0 Å². The summed E-state index contributed by atoms with van der Waals surface area (Å²) in [6, 6.07) is 5.63. The van der Waals surface area contributed by atoms with Crippen LogP contribution in [-0.2, 0) is 10.2 Å². The molecule has 0 fully saturated rings. The first kappa shape index (κ1) is 18.8. The van der Waals surface area contributed by atoms with E-state index >= 15 is 0 Å². The van der Waals surface area contributed by atoms with E-state index in [0.29, 0.717) is 17.2 Å². The van der Waals surface area contributed by atoms with Crippen molar-refractivity contribution in [2.45, 2.75) is 71.3 Å². The molecule has 0 heterocycles. The van der Waals surface area contributed by atoms with E-state index in [1.54, 1.807) is 6.07 Å². The number of benzene rings is 1. The van der Waals surface area contributed by atoms with Crippen molar-refractivity contribution in [1.29, 1.82) is 0 Å². The van der Waals surface area contributed by atoms with E-state index in [4.69, 9.17) is 16.3 Å². The molecule has 0 aliphatic rings. The average molecular weight is 327 g/mol. The lowest BCUT2D eigenvalue weighted by Crippen LogP contribution is -2.27. The van der Waals surface area contributed by atoms with E-state index < -0.39 is 12.1 Å². The van der Waals surface area contributed by atoms with Gasteiger partial charge in [0.05, 0.1) is 5.02 Å². The van der Waals surface area contributed by atoms with Crippen LogP contribution in [0.2, 0.25) is 5.02 Å². The average Bonchev–Trinajstić information content (AvgIpc) is 2.47. The number of carboxylic acids is 1. The fourth-order valence-corrected chi connectivity index (χ4v) is 2.41. The summed E-state index contributed by atoms with van der Waals surface area (Å²) < 4.78 is 5.62. The second kappa shape index (κ2) is 8.42. The van der Waals surface area contributed by atoms with Gasteiger partial charge in [-0.25, -0.2) is 4.79 Å². The Labute approximate surface area is 138 Å². The van der Waals surface area contributed by atoms with Crippen molar-refractivity contribution in [2.75, 3.05) is 0 Å². The smallest absolute Gasteiger partial charge is 0.344 e. The SMILES string of the molecule is CCCCCC(Oc1ccc(C(C)(C)CC)cc1Cl)C(=O)O. The summed E-state index contributed by atoms with van der Waals surface area (Å²) >= 11 is 6.28. The van der Waals surface area contributed by atoms with Crippen molar-refractivity contribution in [1.82, 2.24) is 0 Å². The van der Waals surface area contributed by atoms with Gasteiger partial charge in [0.1, 0.15) is 5.75 Å². The van der Waals surface area contributed by atoms with Gasteiger partial charge in [-0.3, -0.25) is 0 Å². The van der Waals surface area contributed by atoms with Crippen LogP contribution >= 0.6 is 11.6 Å². The quantitative estimate of drug-likeness (QED) is 0.614. The molecule has 0 saturated carbocycles. The van der Waals surface area contributed by atoms with Crippen LogP contribution in [0.5, 0.6) is 5.75 Å². The Morgan fingerprint density at radius 3 is 2.50 bits per heavy atom. The Morgan fingerprint density at radius 1 is 1.32 bits per heavy atom. The number of halogens is 1. The third-order valence-electron chi connectivity index (χ3n) is 4.21. The molecular formula is C18H27ClO3. The second-order valence-electron chi connectivity index (χ2n) is 6.32. The highest BCUT2D eigenvalue weighted by atomic mass is 35.5. The van der Waals surface area contributed by atoms with E-state index in [1.807, 2.05) is 12.1 Å². The molecule has 0 radical (unpaired) electrons. The summed E-state index contributed by atoms with van der Waals surface area (Å²) in [6.07, 6.45) is 3.55. The summed E-state index contributed by atoms with van der Waals surface area (Å²) in [6.45, 7) is 8.53. The maximum atomic E-state index is 11.3. The summed E-state index contributed by atoms with van der Waals surface area (Å²) in [7, 11) is 0. The van der Waals surface area contributed by atoms with Gasteiger partial charge >= 0.3 is 5.97 Å². The van der Waals surface area contributed by atoms with Gasteiger partial charge in [-0.05, 0) is 42.4 Å². The molecule has 1 N–H and O–H groups in total. The van der Waals surface area contributed by atoms with Gasteiger partial charge in [-0.15, -0.1) is 0 Å². The molecule has 0 spiro atoms. The predicted octanol–water partition coefficient (Wildman–Crippen LogP) is 5.44. The van der Waals surface area contributed by atoms with Crippen LogP contribution < -0.4 is 4.74 Å². The zero-order valence-electron chi connectivity index (χ0n) is 14.0. The van der Waals surface area contributed by atoms with Crippen molar-refractivity contribution >= 4 is 17.6 Å². The first-order valence-electron chi connectivity index (χ1n) is 8.01. The van der Waals surface area contributed by atoms with Crippen LogP contribution in [0.4, 0.5) is 0 Å². The molecule has 124 valence electrons. The molecule has 0 aromatic heterocycles. The minimum atomic E-state index is -0.940. The zero-order valence-corrected chi connectivity index (χ0v) is 14.7. The van der Waals surface area contributed by atoms with Crippen molar-refractivity contribution in [3.05, 3.63) is 28.8 Å². The largest absolute Gasteiger partial charge is 0.479 e. The first-order chi connectivity index (χ1) is 10.3. The molecule has 1 rings (SSSR count). The molecule has 0 bridgehead atoms. The minimum Gasteiger partial charge on any atom is -0.479 e. The van der Waals surface area contributed by atoms with E-state index in [-0.39, 0.29) is 5.41 Å². The van der Waals surface area contributed by atoms with Gasteiger partial charge < -0.3 is 9.84 Å². The number of carboxylic acid groups (broad SMARTS) is 1. The molecule has 1 aromatic rings. The Morgan fingerprint density at radius 2 is 2.00 bits per heavy atom. The Kier molecular flexibility index (Phi) is 7.21. The molecule has 4 heteroatoms. The molecule has 3 nitrogen and oxygen atoms in total. The number of aliphatic carboxylic acids is 1. The maximum Gasteiger partial charge on any atom is 0.344 e. The van der Waals surface area contributed by atoms with E-state index in [2.05, 4.69) is 27.7 Å². The molecule has 0 saturated heterocycles. The van der Waals surface area contributed by atoms with Crippen molar-refractivity contribution < 1.29 is 14.6 Å². The molecule has 0 amide bonds. The summed E-state index contributed by atoms with van der Waals surface area (Å²) in [5, 5.41) is 9.75. The van der Waals surface area contributed by atoms with Crippen molar-refractivity contribution in [3.8, 4) is 5.75 Å². The van der Waals surface area contributed by atoms with Crippen LogP contribution in [-0.4, -0.2) is 17.2 Å². The van der Waals surface area contributed by atoms with Gasteiger partial charge in [0, 0.05) is 0 Å². The highest BCUT2D eigenvalue weighted by Crippen LogP contribution is 2.33. The molecule has 1 aromatic carbocycles. The Balaban J connectivity index is 2.85. The first-order valence-corrected chi connectivity index (χ1v) is 8.39. The minimum absolute atomic E-state index is 0.0372. The summed E-state index contributed by atoms with van der Waals surface area (Å²) in [5.74, 6) is -0.494. The number of rotatable bonds is 9. The molecule has 0 aliphatic heterocycles. The summed E-state index contributed by atoms with van der Waals surface area (Å²) in [5.41, 5.74) is 1.17. The Bertz CT molecular complexity index is 497. The van der Waals surface area contributed by atoms with Crippen LogP contribution in [0.25, 0.3) is 0 Å². The number of unbranched alkanes of at least 4 members (excludes halogenated alkanes) is 2.